The van der Waals surface area contributed by atoms with E-state index in [2.05, 4.69) is 20.9 Å². The highest BCUT2D eigenvalue weighted by Gasteiger charge is 2.23. The van der Waals surface area contributed by atoms with E-state index < -0.39 is 0 Å². The normalized spacial score (nSPS) is 14.5. The average Bonchev–Trinajstić information content (AvgIpc) is 3.39. The lowest BCUT2D eigenvalue weighted by Crippen LogP contribution is -2.31. The van der Waals surface area contributed by atoms with Gasteiger partial charge < -0.3 is 16.0 Å². The van der Waals surface area contributed by atoms with E-state index in [0.717, 1.165) is 18.4 Å². The van der Waals surface area contributed by atoms with E-state index in [4.69, 9.17) is 0 Å². The second-order valence-electron chi connectivity index (χ2n) is 5.93. The van der Waals surface area contributed by atoms with Gasteiger partial charge in [0, 0.05) is 29.7 Å². The molecular formula is C18H20N4O2. The molecule has 1 aliphatic rings. The van der Waals surface area contributed by atoms with Crippen LogP contribution in [0.25, 0.3) is 0 Å². The Labute approximate surface area is 140 Å². The summed E-state index contributed by atoms with van der Waals surface area (Å²) in [4.78, 5) is 28.1. The van der Waals surface area contributed by atoms with Crippen molar-refractivity contribution in [2.24, 2.45) is 0 Å². The second kappa shape index (κ2) is 7.12. The first-order valence-corrected chi connectivity index (χ1v) is 8.00. The van der Waals surface area contributed by atoms with Gasteiger partial charge in [0.1, 0.15) is 0 Å². The number of anilines is 1. The molecule has 0 aliphatic heterocycles. The predicted octanol–water partition coefficient (Wildman–Crippen LogP) is 2.86. The number of hydrogen-bond donors (Lipinski definition) is 3. The van der Waals surface area contributed by atoms with Crippen molar-refractivity contribution >= 4 is 17.6 Å². The van der Waals surface area contributed by atoms with Gasteiger partial charge in [-0.05, 0) is 55.7 Å². The highest BCUT2D eigenvalue weighted by Crippen LogP contribution is 2.20. The highest BCUT2D eigenvalue weighted by atomic mass is 16.2. The van der Waals surface area contributed by atoms with Crippen molar-refractivity contribution in [2.75, 3.05) is 5.32 Å². The molecule has 1 aromatic heterocycles. The second-order valence-corrected chi connectivity index (χ2v) is 5.93. The zero-order chi connectivity index (χ0) is 16.9. The Morgan fingerprint density at radius 2 is 1.92 bits per heavy atom. The van der Waals surface area contributed by atoms with Crippen LogP contribution in [0.2, 0.25) is 0 Å². The molecule has 1 atom stereocenters. The van der Waals surface area contributed by atoms with E-state index in [1.807, 2.05) is 19.1 Å². The summed E-state index contributed by atoms with van der Waals surface area (Å²) in [6.07, 6.45) is 5.46. The van der Waals surface area contributed by atoms with E-state index in [9.17, 15) is 9.59 Å². The summed E-state index contributed by atoms with van der Waals surface area (Å²) in [6.45, 7) is 1.90. The predicted molar refractivity (Wildman–Crippen MR) is 91.7 cm³/mol. The van der Waals surface area contributed by atoms with Crippen LogP contribution in [0.15, 0.2) is 48.8 Å². The number of amides is 3. The third kappa shape index (κ3) is 4.32. The Bertz CT molecular complexity index is 729. The van der Waals surface area contributed by atoms with Crippen LogP contribution in [0.5, 0.6) is 0 Å². The molecule has 6 heteroatoms. The first-order valence-electron chi connectivity index (χ1n) is 8.00. The lowest BCUT2D eigenvalue weighted by Gasteiger charge is -2.15. The van der Waals surface area contributed by atoms with Crippen molar-refractivity contribution in [1.82, 2.24) is 15.6 Å². The third-order valence-electron chi connectivity index (χ3n) is 3.85. The minimum atomic E-state index is -0.320. The Balaban J connectivity index is 1.58. The van der Waals surface area contributed by atoms with E-state index in [0.29, 0.717) is 17.3 Å². The first-order chi connectivity index (χ1) is 11.6. The van der Waals surface area contributed by atoms with Gasteiger partial charge in [0.15, 0.2) is 0 Å². The monoisotopic (exact) mass is 324 g/mol. The minimum absolute atomic E-state index is 0.105. The van der Waals surface area contributed by atoms with Crippen LogP contribution in [-0.4, -0.2) is 23.0 Å². The average molecular weight is 324 g/mol. The fourth-order valence-electron chi connectivity index (χ4n) is 2.33. The van der Waals surface area contributed by atoms with E-state index in [-0.39, 0.29) is 18.0 Å². The number of aromatic nitrogens is 1. The molecule has 1 aromatic carbocycles. The topological polar surface area (TPSA) is 83.1 Å². The number of hydrogen-bond acceptors (Lipinski definition) is 3. The summed E-state index contributed by atoms with van der Waals surface area (Å²) < 4.78 is 0. The minimum Gasteiger partial charge on any atom is -0.349 e. The molecule has 0 spiro atoms. The van der Waals surface area contributed by atoms with Gasteiger partial charge >= 0.3 is 6.03 Å². The molecule has 1 fully saturated rings. The van der Waals surface area contributed by atoms with Crippen molar-refractivity contribution in [1.29, 1.82) is 0 Å². The van der Waals surface area contributed by atoms with Crippen LogP contribution >= 0.6 is 0 Å². The Kier molecular flexibility index (Phi) is 4.74. The zero-order valence-corrected chi connectivity index (χ0v) is 13.5. The quantitative estimate of drug-likeness (QED) is 0.791. The van der Waals surface area contributed by atoms with Gasteiger partial charge in [-0.3, -0.25) is 9.78 Å². The maximum absolute atomic E-state index is 12.1. The fraction of sp³-hybridized carbons (Fsp3) is 0.278. The summed E-state index contributed by atoms with van der Waals surface area (Å²) in [5.74, 6) is -0.105. The van der Waals surface area contributed by atoms with Crippen LogP contribution in [0.4, 0.5) is 10.5 Å². The number of carbonyl (C=O) groups is 2. The van der Waals surface area contributed by atoms with Gasteiger partial charge in [-0.1, -0.05) is 6.07 Å². The van der Waals surface area contributed by atoms with Crippen molar-refractivity contribution in [3.63, 3.8) is 0 Å². The third-order valence-corrected chi connectivity index (χ3v) is 3.85. The molecule has 0 saturated heterocycles. The zero-order valence-electron chi connectivity index (χ0n) is 13.5. The molecule has 0 bridgehead atoms. The van der Waals surface area contributed by atoms with Crippen molar-refractivity contribution in [3.05, 3.63) is 59.9 Å². The molecule has 3 N–H and O–H groups in total. The summed E-state index contributed by atoms with van der Waals surface area (Å²) in [5, 5.41) is 8.55. The van der Waals surface area contributed by atoms with Gasteiger partial charge in [0.05, 0.1) is 6.04 Å². The van der Waals surface area contributed by atoms with Crippen LogP contribution in [-0.2, 0) is 0 Å². The number of pyridine rings is 1. The van der Waals surface area contributed by atoms with Gasteiger partial charge in [-0.25, -0.2) is 4.79 Å². The molecule has 124 valence electrons. The summed E-state index contributed by atoms with van der Waals surface area (Å²) in [7, 11) is 0. The van der Waals surface area contributed by atoms with Crippen molar-refractivity contribution < 1.29 is 9.59 Å². The lowest BCUT2D eigenvalue weighted by atomic mass is 10.1. The van der Waals surface area contributed by atoms with Gasteiger partial charge in [-0.15, -0.1) is 0 Å². The number of benzene rings is 1. The van der Waals surface area contributed by atoms with Crippen LogP contribution in [0.3, 0.4) is 0 Å². The molecule has 1 aliphatic carbocycles. The van der Waals surface area contributed by atoms with Crippen molar-refractivity contribution in [2.45, 2.75) is 31.8 Å². The molecule has 2 aromatic rings. The number of rotatable bonds is 5. The van der Waals surface area contributed by atoms with Gasteiger partial charge in [0.2, 0.25) is 0 Å². The number of urea groups is 1. The maximum atomic E-state index is 12.1. The highest BCUT2D eigenvalue weighted by molar-refractivity contribution is 5.97. The molecule has 0 radical (unpaired) electrons. The Hall–Kier alpha value is -2.89. The standard InChI is InChI=1S/C18H20N4O2/c1-12(13-7-9-19-10-8-13)20-18(24)22-16-4-2-3-14(11-16)17(23)21-15-5-6-15/h2-4,7-12,15H,5-6H2,1H3,(H,21,23)(H2,20,22,24). The van der Waals surface area contributed by atoms with Gasteiger partial charge in [0.25, 0.3) is 5.91 Å². The largest absolute Gasteiger partial charge is 0.349 e. The molecule has 1 saturated carbocycles. The SMILES string of the molecule is CC(NC(=O)Nc1cccc(C(=O)NC2CC2)c1)c1ccncc1. The Morgan fingerprint density at radius 1 is 1.17 bits per heavy atom. The summed E-state index contributed by atoms with van der Waals surface area (Å²) in [6, 6.07) is 10.5. The molecular weight excluding hydrogens is 304 g/mol. The summed E-state index contributed by atoms with van der Waals surface area (Å²) in [5.41, 5.74) is 2.09. The maximum Gasteiger partial charge on any atom is 0.319 e. The van der Waals surface area contributed by atoms with Crippen LogP contribution in [0.1, 0.15) is 41.7 Å². The lowest BCUT2D eigenvalue weighted by molar-refractivity contribution is 0.0951. The molecule has 6 nitrogen and oxygen atoms in total. The summed E-state index contributed by atoms with van der Waals surface area (Å²) >= 11 is 0. The molecule has 3 amide bonds. The first kappa shape index (κ1) is 16.0. The fourth-order valence-corrected chi connectivity index (χ4v) is 2.33. The molecule has 1 heterocycles. The molecule has 3 rings (SSSR count). The van der Waals surface area contributed by atoms with E-state index in [1.165, 1.54) is 0 Å². The van der Waals surface area contributed by atoms with Gasteiger partial charge in [-0.2, -0.15) is 0 Å². The number of nitrogens with one attached hydrogen (secondary N) is 3. The van der Waals surface area contributed by atoms with Crippen molar-refractivity contribution in [3.8, 4) is 0 Å². The molecule has 1 unspecified atom stereocenters. The number of nitrogens with zero attached hydrogens (tertiary/aromatic N) is 1. The Morgan fingerprint density at radius 3 is 2.62 bits per heavy atom. The van der Waals surface area contributed by atoms with E-state index >= 15 is 0 Å². The van der Waals surface area contributed by atoms with Crippen LogP contribution < -0.4 is 16.0 Å². The van der Waals surface area contributed by atoms with E-state index in [1.54, 1.807) is 36.7 Å². The number of carbonyl (C=O) groups excluding carboxylic acids is 2. The van der Waals surface area contributed by atoms with Crippen LogP contribution in [0, 0.1) is 0 Å². The smallest absolute Gasteiger partial charge is 0.319 e. The molecule has 24 heavy (non-hydrogen) atoms.